The van der Waals surface area contributed by atoms with Gasteiger partial charge >= 0.3 is 0 Å². The van der Waals surface area contributed by atoms with Gasteiger partial charge < -0.3 is 19.7 Å². The summed E-state index contributed by atoms with van der Waals surface area (Å²) in [6, 6.07) is 25.4. The average molecular weight is 391 g/mol. The lowest BCUT2D eigenvalue weighted by molar-refractivity contribution is -0.885. The summed E-state index contributed by atoms with van der Waals surface area (Å²) in [5.41, 5.74) is 3.00. The largest absolute Gasteiger partial charge is 0.493 e. The summed E-state index contributed by atoms with van der Waals surface area (Å²) in [4.78, 5) is 13.3. The maximum atomic E-state index is 12.2. The Hall–Kier alpha value is -3.31. The number of nitrogens with one attached hydrogen (secondary N) is 2. The summed E-state index contributed by atoms with van der Waals surface area (Å²) in [7, 11) is 3.63. The normalized spacial score (nSPS) is 11.5. The molecule has 0 aliphatic carbocycles. The van der Waals surface area contributed by atoms with Crippen molar-refractivity contribution in [2.75, 3.05) is 26.0 Å². The van der Waals surface area contributed by atoms with Crippen LogP contribution in [0.15, 0.2) is 78.9 Å². The second kappa shape index (κ2) is 10.3. The van der Waals surface area contributed by atoms with Gasteiger partial charge in [0.2, 0.25) is 0 Å². The molecule has 5 nitrogen and oxygen atoms in total. The molecule has 0 fully saturated rings. The molecule has 0 spiro atoms. The number of quaternary nitrogens is 1. The highest BCUT2D eigenvalue weighted by atomic mass is 16.5. The summed E-state index contributed by atoms with van der Waals surface area (Å²) in [6.45, 7) is 1.57. The predicted molar refractivity (Wildman–Crippen MR) is 114 cm³/mol. The molecule has 5 heteroatoms. The van der Waals surface area contributed by atoms with E-state index in [-0.39, 0.29) is 5.91 Å². The molecule has 0 radical (unpaired) electrons. The number of rotatable bonds is 9. The zero-order valence-electron chi connectivity index (χ0n) is 16.9. The molecule has 0 heterocycles. The molecule has 1 amide bonds. The first-order valence-electron chi connectivity index (χ1n) is 9.64. The predicted octanol–water partition coefficient (Wildman–Crippen LogP) is 2.93. The molecule has 2 N–H and O–H groups in total. The van der Waals surface area contributed by atoms with Crippen LogP contribution >= 0.6 is 0 Å². The molecule has 0 saturated heterocycles. The Morgan fingerprint density at radius 1 is 0.897 bits per heavy atom. The lowest BCUT2D eigenvalue weighted by Crippen LogP contribution is -3.08. The van der Waals surface area contributed by atoms with Crippen LogP contribution in [0.5, 0.6) is 11.5 Å². The SMILES string of the molecule is COc1cc(C[NH+](C)CC(=O)Nc2ccccc2)ccc1OCc1ccccc1. The number of para-hydroxylation sites is 1. The smallest absolute Gasteiger partial charge is 0.279 e. The van der Waals surface area contributed by atoms with Gasteiger partial charge in [-0.3, -0.25) is 4.79 Å². The second-order valence-electron chi connectivity index (χ2n) is 6.98. The lowest BCUT2D eigenvalue weighted by Gasteiger charge is -2.16. The van der Waals surface area contributed by atoms with Crippen molar-refractivity contribution in [3.8, 4) is 11.5 Å². The number of likely N-dealkylation sites (N-methyl/N-ethyl adjacent to an activating group) is 1. The molecule has 1 unspecified atom stereocenters. The quantitative estimate of drug-likeness (QED) is 0.590. The number of hydrogen-bond donors (Lipinski definition) is 2. The van der Waals surface area contributed by atoms with Gasteiger partial charge in [-0.15, -0.1) is 0 Å². The Balaban J connectivity index is 1.55. The van der Waals surface area contributed by atoms with Crippen molar-refractivity contribution in [2.24, 2.45) is 0 Å². The Bertz CT molecular complexity index is 914. The van der Waals surface area contributed by atoms with Crippen LogP contribution in [0.4, 0.5) is 5.69 Å². The molecule has 150 valence electrons. The summed E-state index contributed by atoms with van der Waals surface area (Å²) < 4.78 is 11.4. The van der Waals surface area contributed by atoms with Crippen LogP contribution in [0.3, 0.4) is 0 Å². The average Bonchev–Trinajstić information content (AvgIpc) is 2.74. The highest BCUT2D eigenvalue weighted by molar-refractivity contribution is 5.91. The van der Waals surface area contributed by atoms with Gasteiger partial charge in [0.25, 0.3) is 5.91 Å². The monoisotopic (exact) mass is 391 g/mol. The van der Waals surface area contributed by atoms with Gasteiger partial charge in [-0.1, -0.05) is 48.5 Å². The minimum Gasteiger partial charge on any atom is -0.493 e. The van der Waals surface area contributed by atoms with Crippen LogP contribution in [0, 0.1) is 0 Å². The van der Waals surface area contributed by atoms with E-state index in [1.807, 2.05) is 85.9 Å². The number of carbonyl (C=O) groups is 1. The first kappa shape index (κ1) is 20.4. The van der Waals surface area contributed by atoms with Gasteiger partial charge in [0.05, 0.1) is 14.2 Å². The second-order valence-corrected chi connectivity index (χ2v) is 6.98. The van der Waals surface area contributed by atoms with Crippen molar-refractivity contribution < 1.29 is 19.2 Å². The number of carbonyl (C=O) groups excluding carboxylic acids is 1. The standard InChI is InChI=1S/C24H26N2O3/c1-26(17-24(27)25-21-11-7-4-8-12-21)16-20-13-14-22(23(15-20)28-2)29-18-19-9-5-3-6-10-19/h3-15H,16-18H2,1-2H3,(H,25,27)/p+1. The molecule has 0 aromatic heterocycles. The summed E-state index contributed by atoms with van der Waals surface area (Å²) in [6.07, 6.45) is 0. The minimum atomic E-state index is -0.0107. The van der Waals surface area contributed by atoms with E-state index in [0.717, 1.165) is 21.7 Å². The first-order valence-corrected chi connectivity index (χ1v) is 9.64. The molecule has 29 heavy (non-hydrogen) atoms. The van der Waals surface area contributed by atoms with E-state index < -0.39 is 0 Å². The van der Waals surface area contributed by atoms with Gasteiger partial charge in [-0.25, -0.2) is 0 Å². The van der Waals surface area contributed by atoms with Crippen molar-refractivity contribution in [1.29, 1.82) is 0 Å². The van der Waals surface area contributed by atoms with Gasteiger partial charge in [0.1, 0.15) is 13.2 Å². The Morgan fingerprint density at radius 2 is 1.59 bits per heavy atom. The van der Waals surface area contributed by atoms with Crippen molar-refractivity contribution in [2.45, 2.75) is 13.2 Å². The first-order chi connectivity index (χ1) is 14.1. The Morgan fingerprint density at radius 3 is 2.28 bits per heavy atom. The molecule has 3 aromatic carbocycles. The van der Waals surface area contributed by atoms with Crippen molar-refractivity contribution in [3.05, 3.63) is 90.0 Å². The van der Waals surface area contributed by atoms with Crippen LogP contribution in [0.1, 0.15) is 11.1 Å². The molecule has 0 saturated carbocycles. The fourth-order valence-corrected chi connectivity index (χ4v) is 3.09. The van der Waals surface area contributed by atoms with Gasteiger partial charge in [-0.05, 0) is 35.9 Å². The molecule has 0 bridgehead atoms. The molecular weight excluding hydrogens is 364 g/mol. The van der Waals surface area contributed by atoms with E-state index in [2.05, 4.69) is 5.32 Å². The van der Waals surface area contributed by atoms with E-state index in [1.165, 1.54) is 0 Å². The van der Waals surface area contributed by atoms with Crippen molar-refractivity contribution >= 4 is 11.6 Å². The van der Waals surface area contributed by atoms with Gasteiger partial charge in [-0.2, -0.15) is 0 Å². The minimum absolute atomic E-state index is 0.0107. The third kappa shape index (κ3) is 6.36. The number of amides is 1. The molecule has 0 aliphatic heterocycles. The van der Waals surface area contributed by atoms with Crippen molar-refractivity contribution in [1.82, 2.24) is 0 Å². The highest BCUT2D eigenvalue weighted by Crippen LogP contribution is 2.28. The summed E-state index contributed by atoms with van der Waals surface area (Å²) in [5, 5.41) is 2.92. The number of hydrogen-bond acceptors (Lipinski definition) is 3. The number of methoxy groups -OCH3 is 1. The molecule has 1 atom stereocenters. The topological polar surface area (TPSA) is 52.0 Å². The van der Waals surface area contributed by atoms with E-state index in [4.69, 9.17) is 9.47 Å². The number of anilines is 1. The van der Waals surface area contributed by atoms with E-state index in [0.29, 0.717) is 31.2 Å². The zero-order valence-corrected chi connectivity index (χ0v) is 16.9. The van der Waals surface area contributed by atoms with Crippen LogP contribution in [-0.2, 0) is 17.9 Å². The van der Waals surface area contributed by atoms with Crippen LogP contribution in [0.25, 0.3) is 0 Å². The van der Waals surface area contributed by atoms with E-state index >= 15 is 0 Å². The summed E-state index contributed by atoms with van der Waals surface area (Å²) in [5.74, 6) is 1.39. The maximum absolute atomic E-state index is 12.2. The van der Waals surface area contributed by atoms with Crippen molar-refractivity contribution in [3.63, 3.8) is 0 Å². The third-order valence-electron chi connectivity index (χ3n) is 4.49. The Kier molecular flexibility index (Phi) is 7.25. The summed E-state index contributed by atoms with van der Waals surface area (Å²) >= 11 is 0. The molecule has 3 aromatic rings. The lowest BCUT2D eigenvalue weighted by atomic mass is 10.2. The van der Waals surface area contributed by atoms with E-state index in [1.54, 1.807) is 7.11 Å². The van der Waals surface area contributed by atoms with E-state index in [9.17, 15) is 4.79 Å². The third-order valence-corrected chi connectivity index (χ3v) is 4.49. The highest BCUT2D eigenvalue weighted by Gasteiger charge is 2.13. The molecular formula is C24H27N2O3+. The number of ether oxygens (including phenoxy) is 2. The molecule has 0 aliphatic rings. The fourth-order valence-electron chi connectivity index (χ4n) is 3.09. The van der Waals surface area contributed by atoms with Gasteiger partial charge in [0, 0.05) is 11.3 Å². The molecule has 3 rings (SSSR count). The Labute approximate surface area is 171 Å². The van der Waals surface area contributed by atoms with Crippen LogP contribution < -0.4 is 19.7 Å². The van der Waals surface area contributed by atoms with Crippen LogP contribution in [-0.4, -0.2) is 26.6 Å². The van der Waals surface area contributed by atoms with Crippen LogP contribution in [0.2, 0.25) is 0 Å². The maximum Gasteiger partial charge on any atom is 0.279 e. The fraction of sp³-hybridized carbons (Fsp3) is 0.208. The zero-order chi connectivity index (χ0) is 20.5. The number of benzene rings is 3. The van der Waals surface area contributed by atoms with Gasteiger partial charge in [0.15, 0.2) is 18.0 Å².